The van der Waals surface area contributed by atoms with E-state index in [1.165, 1.54) is 0 Å². The lowest BCUT2D eigenvalue weighted by Gasteiger charge is -2.40. The summed E-state index contributed by atoms with van der Waals surface area (Å²) in [5.41, 5.74) is 0. The van der Waals surface area contributed by atoms with Crippen LogP contribution in [0.3, 0.4) is 0 Å². The molecule has 3 aliphatic rings. The van der Waals surface area contributed by atoms with Crippen LogP contribution in [-0.2, 0) is 0 Å². The average Bonchev–Trinajstić information content (AvgIpc) is 2.37. The molecule has 4 atom stereocenters. The molecular formula is C12H22. The van der Waals surface area contributed by atoms with Gasteiger partial charge in [0, 0.05) is 0 Å². The SMILES string of the molecule is CC(C)C1CC2CC1C2C(C)C. The lowest BCUT2D eigenvalue weighted by atomic mass is 9.65. The molecule has 12 heavy (non-hydrogen) atoms. The summed E-state index contributed by atoms with van der Waals surface area (Å²) >= 11 is 0. The second-order valence-electron chi connectivity index (χ2n) is 5.62. The predicted molar refractivity (Wildman–Crippen MR) is 52.9 cm³/mol. The van der Waals surface area contributed by atoms with Crippen molar-refractivity contribution in [3.63, 3.8) is 0 Å². The fraction of sp³-hybridized carbons (Fsp3) is 1.00. The van der Waals surface area contributed by atoms with Crippen molar-refractivity contribution in [1.29, 1.82) is 0 Å². The normalized spacial score (nSPS) is 45.5. The van der Waals surface area contributed by atoms with Crippen LogP contribution < -0.4 is 0 Å². The van der Waals surface area contributed by atoms with Gasteiger partial charge in [-0.1, -0.05) is 27.7 Å². The zero-order chi connectivity index (χ0) is 8.88. The van der Waals surface area contributed by atoms with E-state index in [1.807, 2.05) is 0 Å². The van der Waals surface area contributed by atoms with Gasteiger partial charge in [0.2, 0.25) is 0 Å². The summed E-state index contributed by atoms with van der Waals surface area (Å²) in [6.45, 7) is 9.63. The van der Waals surface area contributed by atoms with Gasteiger partial charge in [-0.15, -0.1) is 0 Å². The Morgan fingerprint density at radius 1 is 0.917 bits per heavy atom. The third kappa shape index (κ3) is 1.03. The molecule has 0 spiro atoms. The molecule has 4 unspecified atom stereocenters. The topological polar surface area (TPSA) is 0 Å². The Labute approximate surface area is 76.7 Å². The molecular weight excluding hydrogens is 144 g/mol. The molecule has 0 nitrogen and oxygen atoms in total. The summed E-state index contributed by atoms with van der Waals surface area (Å²) in [5, 5.41) is 0. The van der Waals surface area contributed by atoms with Gasteiger partial charge in [-0.25, -0.2) is 0 Å². The molecule has 70 valence electrons. The van der Waals surface area contributed by atoms with E-state index in [9.17, 15) is 0 Å². The van der Waals surface area contributed by atoms with Gasteiger partial charge in [0.15, 0.2) is 0 Å². The van der Waals surface area contributed by atoms with Crippen LogP contribution >= 0.6 is 0 Å². The van der Waals surface area contributed by atoms with Crippen molar-refractivity contribution in [3.05, 3.63) is 0 Å². The molecule has 3 aliphatic carbocycles. The van der Waals surface area contributed by atoms with E-state index in [4.69, 9.17) is 0 Å². The fourth-order valence-corrected chi connectivity index (χ4v) is 3.86. The van der Waals surface area contributed by atoms with Crippen LogP contribution in [0, 0.1) is 35.5 Å². The van der Waals surface area contributed by atoms with Crippen molar-refractivity contribution in [3.8, 4) is 0 Å². The van der Waals surface area contributed by atoms with Crippen molar-refractivity contribution in [1.82, 2.24) is 0 Å². The molecule has 0 aromatic carbocycles. The minimum absolute atomic E-state index is 0.934. The van der Waals surface area contributed by atoms with Crippen LogP contribution in [0.4, 0.5) is 0 Å². The summed E-state index contributed by atoms with van der Waals surface area (Å²) in [4.78, 5) is 0. The maximum absolute atomic E-state index is 2.41. The Bertz CT molecular complexity index is 159. The third-order valence-electron chi connectivity index (χ3n) is 4.36. The molecule has 0 aromatic heterocycles. The van der Waals surface area contributed by atoms with Crippen LogP contribution in [0.1, 0.15) is 40.5 Å². The zero-order valence-corrected chi connectivity index (χ0v) is 8.88. The summed E-state index contributed by atoms with van der Waals surface area (Å²) < 4.78 is 0. The Hall–Kier alpha value is 0. The molecule has 3 fully saturated rings. The van der Waals surface area contributed by atoms with Crippen LogP contribution in [0.5, 0.6) is 0 Å². The van der Waals surface area contributed by atoms with Crippen molar-refractivity contribution in [2.45, 2.75) is 40.5 Å². The molecule has 0 amide bonds. The monoisotopic (exact) mass is 166 g/mol. The second-order valence-corrected chi connectivity index (χ2v) is 5.62. The maximum Gasteiger partial charge on any atom is -0.0331 e. The van der Waals surface area contributed by atoms with Gasteiger partial charge in [0.25, 0.3) is 0 Å². The van der Waals surface area contributed by atoms with Crippen molar-refractivity contribution in [2.75, 3.05) is 0 Å². The first kappa shape index (κ1) is 8.59. The Morgan fingerprint density at radius 3 is 1.92 bits per heavy atom. The third-order valence-corrected chi connectivity index (χ3v) is 4.36. The summed E-state index contributed by atoms with van der Waals surface area (Å²) in [5.74, 6) is 6.26. The highest BCUT2D eigenvalue weighted by molar-refractivity contribution is 5.02. The summed E-state index contributed by atoms with van der Waals surface area (Å²) in [6.07, 6.45) is 3.11. The molecule has 0 heterocycles. The van der Waals surface area contributed by atoms with E-state index in [2.05, 4.69) is 27.7 Å². The largest absolute Gasteiger partial charge is 0.0625 e. The van der Waals surface area contributed by atoms with Crippen molar-refractivity contribution >= 4 is 0 Å². The van der Waals surface area contributed by atoms with Crippen molar-refractivity contribution < 1.29 is 0 Å². The molecule has 3 rings (SSSR count). The molecule has 2 bridgehead atoms. The smallest absolute Gasteiger partial charge is 0.0331 e. The number of rotatable bonds is 2. The average molecular weight is 166 g/mol. The van der Waals surface area contributed by atoms with Crippen LogP contribution in [0.15, 0.2) is 0 Å². The molecule has 0 aliphatic heterocycles. The van der Waals surface area contributed by atoms with E-state index < -0.39 is 0 Å². The lowest BCUT2D eigenvalue weighted by Crippen LogP contribution is -2.34. The summed E-state index contributed by atoms with van der Waals surface area (Å²) in [7, 11) is 0. The maximum atomic E-state index is 2.41. The predicted octanol–water partition coefficient (Wildman–Crippen LogP) is 3.57. The van der Waals surface area contributed by atoms with Gasteiger partial charge < -0.3 is 0 Å². The minimum atomic E-state index is 0.934. The van der Waals surface area contributed by atoms with Gasteiger partial charge in [-0.3, -0.25) is 0 Å². The fourth-order valence-electron chi connectivity index (χ4n) is 3.86. The summed E-state index contributed by atoms with van der Waals surface area (Å²) in [6, 6.07) is 0. The molecule has 0 radical (unpaired) electrons. The molecule has 0 saturated heterocycles. The standard InChI is InChI=1S/C12H22/c1-7(2)10-5-9-6-11(10)12(9)8(3)4/h7-12H,5-6H2,1-4H3. The van der Waals surface area contributed by atoms with E-state index in [0.29, 0.717) is 0 Å². The first-order valence-electron chi connectivity index (χ1n) is 5.61. The number of fused-ring (bicyclic) bond motifs is 1. The van der Waals surface area contributed by atoms with Crippen LogP contribution in [0.2, 0.25) is 0 Å². The zero-order valence-electron chi connectivity index (χ0n) is 8.88. The number of hydrogen-bond donors (Lipinski definition) is 0. The quantitative estimate of drug-likeness (QED) is 0.588. The Kier molecular flexibility index (Phi) is 1.97. The van der Waals surface area contributed by atoms with Crippen LogP contribution in [0.25, 0.3) is 0 Å². The van der Waals surface area contributed by atoms with Gasteiger partial charge in [0.1, 0.15) is 0 Å². The first-order chi connectivity index (χ1) is 5.61. The van der Waals surface area contributed by atoms with Crippen molar-refractivity contribution in [2.24, 2.45) is 35.5 Å². The number of hydrogen-bond acceptors (Lipinski definition) is 0. The van der Waals surface area contributed by atoms with Gasteiger partial charge in [-0.2, -0.15) is 0 Å². The molecule has 3 saturated carbocycles. The van der Waals surface area contributed by atoms with Gasteiger partial charge in [-0.05, 0) is 48.3 Å². The first-order valence-corrected chi connectivity index (χ1v) is 5.61. The Balaban J connectivity index is 2.02. The minimum Gasteiger partial charge on any atom is -0.0625 e. The molecule has 0 N–H and O–H groups in total. The Morgan fingerprint density at radius 2 is 1.58 bits per heavy atom. The van der Waals surface area contributed by atoms with Crippen LogP contribution in [-0.4, -0.2) is 0 Å². The van der Waals surface area contributed by atoms with E-state index in [-0.39, 0.29) is 0 Å². The molecule has 0 heteroatoms. The molecule has 0 aromatic rings. The highest BCUT2D eigenvalue weighted by Crippen LogP contribution is 2.61. The van der Waals surface area contributed by atoms with E-state index in [0.717, 1.165) is 35.5 Å². The highest BCUT2D eigenvalue weighted by Gasteiger charge is 2.53. The van der Waals surface area contributed by atoms with E-state index >= 15 is 0 Å². The lowest BCUT2D eigenvalue weighted by molar-refractivity contribution is 0.0813. The van der Waals surface area contributed by atoms with E-state index in [1.54, 1.807) is 12.8 Å². The van der Waals surface area contributed by atoms with Gasteiger partial charge >= 0.3 is 0 Å². The van der Waals surface area contributed by atoms with Gasteiger partial charge in [0.05, 0.1) is 0 Å². The second kappa shape index (κ2) is 2.75. The highest BCUT2D eigenvalue weighted by atomic mass is 14.6.